The van der Waals surface area contributed by atoms with Crippen LogP contribution in [0, 0.1) is 17.8 Å². The first-order valence-electron chi connectivity index (χ1n) is 17.6. The summed E-state index contributed by atoms with van der Waals surface area (Å²) in [7, 11) is -1.03. The number of carbonyl (C=O) groups excluding carboxylic acids is 2. The molecule has 256 valence electrons. The number of hydrogen-bond donors (Lipinski definition) is 2. The second-order valence-corrected chi connectivity index (χ2v) is 13.9. The van der Waals surface area contributed by atoms with Crippen molar-refractivity contribution < 1.29 is 33.5 Å². The molecule has 2 N–H and O–H groups in total. The van der Waals surface area contributed by atoms with Crippen LogP contribution in [0.5, 0.6) is 5.75 Å². The molecule has 4 heterocycles. The summed E-state index contributed by atoms with van der Waals surface area (Å²) in [6.07, 6.45) is 5.02. The molecule has 0 radical (unpaired) electrons. The summed E-state index contributed by atoms with van der Waals surface area (Å²) in [5, 5.41) is 20.4. The quantitative estimate of drug-likeness (QED) is 0.157. The summed E-state index contributed by atoms with van der Waals surface area (Å²) < 4.78 is 18.1. The van der Waals surface area contributed by atoms with E-state index in [1.807, 2.05) is 55.5 Å². The van der Waals surface area contributed by atoms with Gasteiger partial charge in [0.25, 0.3) is 0 Å². The van der Waals surface area contributed by atoms with Crippen molar-refractivity contribution in [3.63, 3.8) is 0 Å². The van der Waals surface area contributed by atoms with Gasteiger partial charge in [0.05, 0.1) is 17.9 Å². The van der Waals surface area contributed by atoms with Crippen molar-refractivity contribution in [2.45, 2.75) is 70.6 Å². The van der Waals surface area contributed by atoms with Gasteiger partial charge in [-0.3, -0.25) is 19.4 Å². The highest BCUT2D eigenvalue weighted by molar-refractivity contribution is 6.43. The highest BCUT2D eigenvalue weighted by atomic mass is 16.5. The molecule has 2 aromatic carbocycles. The van der Waals surface area contributed by atoms with E-state index in [2.05, 4.69) is 29.2 Å². The Morgan fingerprint density at radius 2 is 1.71 bits per heavy atom. The molecule has 4 aliphatic rings. The summed E-state index contributed by atoms with van der Waals surface area (Å²) in [6.45, 7) is 4.67. The van der Waals surface area contributed by atoms with E-state index < -0.39 is 25.1 Å². The van der Waals surface area contributed by atoms with E-state index in [0.29, 0.717) is 37.4 Å². The molecule has 3 aromatic rings. The van der Waals surface area contributed by atoms with Crippen LogP contribution in [-0.4, -0.2) is 70.7 Å². The van der Waals surface area contributed by atoms with Gasteiger partial charge in [0.2, 0.25) is 11.8 Å². The Balaban J connectivity index is 1.11. The SMILES string of the molecule is C/C(=C\c1ccc(CO)o1)CC[C@H]1OB(O)C[C@H]2C1=C(COc1ccccc1)C[C@H]1C(=O)N(C3CCN(Cc4ccccc4)CC3)C(=O)[C@H]12. The number of imide groups is 1. The van der Waals surface area contributed by atoms with E-state index in [9.17, 15) is 19.7 Å². The highest BCUT2D eigenvalue weighted by Crippen LogP contribution is 2.51. The van der Waals surface area contributed by atoms with Crippen LogP contribution in [0.15, 0.2) is 93.9 Å². The number of amides is 2. The van der Waals surface area contributed by atoms with Crippen LogP contribution in [0.1, 0.15) is 56.1 Å². The van der Waals surface area contributed by atoms with Gasteiger partial charge in [0, 0.05) is 25.7 Å². The van der Waals surface area contributed by atoms with E-state index in [1.54, 1.807) is 11.0 Å². The Labute approximate surface area is 288 Å². The van der Waals surface area contributed by atoms with Crippen LogP contribution in [-0.2, 0) is 27.4 Å². The molecule has 0 bridgehead atoms. The molecule has 0 unspecified atom stereocenters. The van der Waals surface area contributed by atoms with Crippen LogP contribution in [0.2, 0.25) is 6.32 Å². The van der Waals surface area contributed by atoms with Gasteiger partial charge in [-0.2, -0.15) is 0 Å². The molecule has 3 saturated heterocycles. The third kappa shape index (κ3) is 7.33. The number of hydrogen-bond acceptors (Lipinski definition) is 8. The number of furan rings is 1. The topological polar surface area (TPSA) is 113 Å². The number of allylic oxidation sites excluding steroid dienone is 1. The molecule has 49 heavy (non-hydrogen) atoms. The first-order chi connectivity index (χ1) is 23.9. The Morgan fingerprint density at radius 3 is 2.43 bits per heavy atom. The number of nitrogens with zero attached hydrogens (tertiary/aromatic N) is 2. The van der Waals surface area contributed by atoms with E-state index >= 15 is 0 Å². The normalized spacial score (nSPS) is 25.2. The molecule has 1 aromatic heterocycles. The Bertz CT molecular complexity index is 1680. The number of rotatable bonds is 11. The molecule has 10 heteroatoms. The molecule has 7 rings (SSSR count). The van der Waals surface area contributed by atoms with Gasteiger partial charge < -0.3 is 23.9 Å². The maximum atomic E-state index is 14.4. The molecule has 9 nitrogen and oxygen atoms in total. The fourth-order valence-corrected chi connectivity index (χ4v) is 8.38. The molecule has 3 fully saturated rings. The molecular formula is C39H45BN2O7. The lowest BCUT2D eigenvalue weighted by molar-refractivity contribution is -0.144. The zero-order valence-corrected chi connectivity index (χ0v) is 28.1. The third-order valence-corrected chi connectivity index (χ3v) is 10.7. The first kappa shape index (κ1) is 33.5. The fraction of sp³-hybridized carbons (Fsp3) is 0.436. The number of benzene rings is 2. The number of para-hydroxylation sites is 1. The van der Waals surface area contributed by atoms with Crippen molar-refractivity contribution in [2.24, 2.45) is 17.8 Å². The predicted octanol–water partition coefficient (Wildman–Crippen LogP) is 5.50. The summed E-state index contributed by atoms with van der Waals surface area (Å²) >= 11 is 0. The van der Waals surface area contributed by atoms with Crippen LogP contribution in [0.4, 0.5) is 0 Å². The molecule has 4 atom stereocenters. The zero-order valence-electron chi connectivity index (χ0n) is 28.1. The Kier molecular flexibility index (Phi) is 10.2. The lowest BCUT2D eigenvalue weighted by atomic mass is 9.58. The van der Waals surface area contributed by atoms with Gasteiger partial charge in [0.1, 0.15) is 30.5 Å². The van der Waals surface area contributed by atoms with Gasteiger partial charge in [-0.15, -0.1) is 0 Å². The monoisotopic (exact) mass is 664 g/mol. The minimum atomic E-state index is -1.03. The molecule has 0 spiro atoms. The number of aliphatic hydroxyl groups excluding tert-OH is 1. The van der Waals surface area contributed by atoms with Crippen LogP contribution in [0.3, 0.4) is 0 Å². The minimum Gasteiger partial charge on any atom is -0.489 e. The number of fused-ring (bicyclic) bond motifs is 3. The van der Waals surface area contributed by atoms with Gasteiger partial charge in [-0.05, 0) is 98.3 Å². The van der Waals surface area contributed by atoms with Crippen molar-refractivity contribution in [3.05, 3.63) is 107 Å². The van der Waals surface area contributed by atoms with E-state index in [-0.39, 0.29) is 36.7 Å². The van der Waals surface area contributed by atoms with E-state index in [4.69, 9.17) is 13.8 Å². The standard InChI is InChI=1S/C39H45BN2O7/c1-26(20-31-13-14-32(24-43)48-31)12-15-35-36-28(25-47-30-10-6-3-7-11-30)21-33-37(34(36)22-40(46)49-35)39(45)42(38(33)44)29-16-18-41(19-17-29)23-27-8-4-2-5-9-27/h2-11,13-14,20,29,33-35,37,43,46H,12,15-19,21-25H2,1H3/b26-20+/t33-,34+,35-,37-/m1/s1. The van der Waals surface area contributed by atoms with Crippen molar-refractivity contribution in [3.8, 4) is 5.75 Å². The number of carbonyl (C=O) groups is 2. The summed E-state index contributed by atoms with van der Waals surface area (Å²) in [4.78, 5) is 32.5. The molecule has 2 amide bonds. The lowest BCUT2D eigenvalue weighted by Crippen LogP contribution is -2.48. The molecular weight excluding hydrogens is 619 g/mol. The average Bonchev–Trinajstić information content (AvgIpc) is 3.68. The van der Waals surface area contributed by atoms with Crippen molar-refractivity contribution >= 4 is 25.0 Å². The predicted molar refractivity (Wildman–Crippen MR) is 186 cm³/mol. The van der Waals surface area contributed by atoms with Crippen molar-refractivity contribution in [2.75, 3.05) is 19.7 Å². The summed E-state index contributed by atoms with van der Waals surface area (Å²) in [5.74, 6) is 0.458. The first-order valence-corrected chi connectivity index (χ1v) is 17.6. The van der Waals surface area contributed by atoms with Crippen LogP contribution < -0.4 is 4.74 Å². The smallest absolute Gasteiger partial charge is 0.455 e. The number of aliphatic hydroxyl groups is 1. The summed E-state index contributed by atoms with van der Waals surface area (Å²) in [6, 6.07) is 23.5. The van der Waals surface area contributed by atoms with Crippen molar-refractivity contribution in [1.82, 2.24) is 9.80 Å². The second kappa shape index (κ2) is 14.9. The summed E-state index contributed by atoms with van der Waals surface area (Å²) in [5.41, 5.74) is 4.33. The van der Waals surface area contributed by atoms with Crippen LogP contribution >= 0.6 is 0 Å². The highest BCUT2D eigenvalue weighted by Gasteiger charge is 2.58. The van der Waals surface area contributed by atoms with E-state index in [1.165, 1.54) is 5.56 Å². The van der Waals surface area contributed by atoms with Crippen LogP contribution in [0.25, 0.3) is 6.08 Å². The largest absolute Gasteiger partial charge is 0.489 e. The van der Waals surface area contributed by atoms with Crippen molar-refractivity contribution in [1.29, 1.82) is 0 Å². The number of ether oxygens (including phenoxy) is 1. The molecule has 1 aliphatic carbocycles. The maximum absolute atomic E-state index is 14.4. The third-order valence-electron chi connectivity index (χ3n) is 10.7. The molecule has 3 aliphatic heterocycles. The van der Waals surface area contributed by atoms with Gasteiger partial charge >= 0.3 is 7.12 Å². The molecule has 0 saturated carbocycles. The number of likely N-dealkylation sites (tertiary alicyclic amines) is 2. The van der Waals surface area contributed by atoms with E-state index in [0.717, 1.165) is 54.9 Å². The van der Waals surface area contributed by atoms with Gasteiger partial charge in [0.15, 0.2) is 0 Å². The number of piperidine rings is 1. The minimum absolute atomic E-state index is 0.0789. The average molecular weight is 665 g/mol. The zero-order chi connectivity index (χ0) is 33.9. The second-order valence-electron chi connectivity index (χ2n) is 13.9. The Hall–Kier alpha value is -3.96. The van der Waals surface area contributed by atoms with Gasteiger partial charge in [-0.1, -0.05) is 54.1 Å². The fourth-order valence-electron chi connectivity index (χ4n) is 8.38. The lowest BCUT2D eigenvalue weighted by Gasteiger charge is -2.43. The van der Waals surface area contributed by atoms with Gasteiger partial charge in [-0.25, -0.2) is 0 Å². The maximum Gasteiger partial charge on any atom is 0.455 e. The Morgan fingerprint density at radius 1 is 0.980 bits per heavy atom.